The van der Waals surface area contributed by atoms with E-state index in [-0.39, 0.29) is 5.41 Å². The minimum Gasteiger partial charge on any atom is -0.309 e. The van der Waals surface area contributed by atoms with Crippen molar-refractivity contribution in [2.24, 2.45) is 0 Å². The molecule has 0 radical (unpaired) electrons. The van der Waals surface area contributed by atoms with E-state index in [2.05, 4.69) is 157 Å². The number of para-hydroxylation sites is 2. The van der Waals surface area contributed by atoms with E-state index in [9.17, 15) is 0 Å². The first-order valence-electron chi connectivity index (χ1n) is 17.8. The molecule has 1 aliphatic carbocycles. The van der Waals surface area contributed by atoms with Gasteiger partial charge < -0.3 is 4.57 Å². The van der Waals surface area contributed by atoms with E-state index in [1.165, 1.54) is 44.1 Å². The van der Waals surface area contributed by atoms with Gasteiger partial charge in [-0.2, -0.15) is 0 Å². The third kappa shape index (κ3) is 4.79. The molecule has 6 aromatic carbocycles. The second kappa shape index (κ2) is 11.7. The maximum Gasteiger partial charge on any atom is 0.160 e. The van der Waals surface area contributed by atoms with Crippen LogP contribution in [0.5, 0.6) is 0 Å². The third-order valence-corrected chi connectivity index (χ3v) is 10.7. The summed E-state index contributed by atoms with van der Waals surface area (Å²) in [6.45, 7) is 4.67. The molecule has 0 saturated heterocycles. The van der Waals surface area contributed by atoms with Crippen molar-refractivity contribution >= 4 is 21.8 Å². The van der Waals surface area contributed by atoms with E-state index in [0.29, 0.717) is 5.82 Å². The largest absolute Gasteiger partial charge is 0.309 e. The van der Waals surface area contributed by atoms with Crippen molar-refractivity contribution in [3.8, 4) is 61.8 Å². The summed E-state index contributed by atoms with van der Waals surface area (Å²) in [7, 11) is 0. The first-order valence-corrected chi connectivity index (χ1v) is 17.8. The van der Waals surface area contributed by atoms with Gasteiger partial charge in [0, 0.05) is 51.0 Å². The number of rotatable bonds is 5. The van der Waals surface area contributed by atoms with Crippen LogP contribution in [0.2, 0.25) is 0 Å². The first-order chi connectivity index (χ1) is 25.5. The Bertz CT molecular complexity index is 2740. The molecule has 9 aromatic rings. The van der Waals surface area contributed by atoms with Gasteiger partial charge in [-0.05, 0) is 75.8 Å². The Morgan fingerprint density at radius 2 is 1.04 bits per heavy atom. The van der Waals surface area contributed by atoms with Gasteiger partial charge in [0.1, 0.15) is 0 Å². The Morgan fingerprint density at radius 3 is 1.73 bits per heavy atom. The molecule has 4 nitrogen and oxygen atoms in total. The van der Waals surface area contributed by atoms with Gasteiger partial charge in [0.15, 0.2) is 5.82 Å². The monoisotopic (exact) mass is 666 g/mol. The number of hydrogen-bond donors (Lipinski definition) is 0. The number of fused-ring (bicyclic) bond motifs is 6. The molecule has 0 spiro atoms. The summed E-state index contributed by atoms with van der Waals surface area (Å²) in [6.07, 6.45) is 3.69. The summed E-state index contributed by atoms with van der Waals surface area (Å²) in [4.78, 5) is 14.6. The number of hydrogen-bond acceptors (Lipinski definition) is 3. The van der Waals surface area contributed by atoms with Crippen LogP contribution in [0.4, 0.5) is 0 Å². The zero-order chi connectivity index (χ0) is 34.8. The lowest BCUT2D eigenvalue weighted by molar-refractivity contribution is 0.660. The van der Waals surface area contributed by atoms with Crippen molar-refractivity contribution in [3.63, 3.8) is 0 Å². The lowest BCUT2D eigenvalue weighted by Crippen LogP contribution is -2.14. The van der Waals surface area contributed by atoms with Crippen LogP contribution in [0.15, 0.2) is 170 Å². The molecule has 0 bridgehead atoms. The van der Waals surface area contributed by atoms with Crippen LogP contribution in [0.1, 0.15) is 25.0 Å². The molecule has 0 unspecified atom stereocenters. The molecule has 0 atom stereocenters. The van der Waals surface area contributed by atoms with Crippen molar-refractivity contribution in [1.29, 1.82) is 0 Å². The van der Waals surface area contributed by atoms with E-state index in [1.807, 2.05) is 30.5 Å². The number of aromatic nitrogens is 4. The van der Waals surface area contributed by atoms with E-state index in [0.717, 1.165) is 44.9 Å². The number of pyridine rings is 1. The average molecular weight is 667 g/mol. The van der Waals surface area contributed by atoms with Gasteiger partial charge in [0.2, 0.25) is 0 Å². The topological polar surface area (TPSA) is 43.6 Å². The summed E-state index contributed by atoms with van der Waals surface area (Å²) in [5, 5.41) is 2.53. The maximum atomic E-state index is 5.19. The van der Waals surface area contributed by atoms with Crippen LogP contribution in [-0.4, -0.2) is 19.5 Å². The zero-order valence-electron chi connectivity index (χ0n) is 29.0. The highest BCUT2D eigenvalue weighted by molar-refractivity contribution is 6.09. The second-order valence-corrected chi connectivity index (χ2v) is 14.1. The van der Waals surface area contributed by atoms with Crippen LogP contribution >= 0.6 is 0 Å². The fraction of sp³-hybridized carbons (Fsp3) is 0.0625. The molecule has 1 aliphatic rings. The predicted molar refractivity (Wildman–Crippen MR) is 213 cm³/mol. The van der Waals surface area contributed by atoms with Crippen LogP contribution in [-0.2, 0) is 5.41 Å². The normalized spacial score (nSPS) is 13.0. The lowest BCUT2D eigenvalue weighted by Gasteiger charge is -2.22. The molecular formula is C48H34N4. The van der Waals surface area contributed by atoms with Crippen LogP contribution in [0.25, 0.3) is 83.6 Å². The van der Waals surface area contributed by atoms with Crippen molar-refractivity contribution < 1.29 is 0 Å². The molecule has 3 heterocycles. The Balaban J connectivity index is 1.12. The van der Waals surface area contributed by atoms with Gasteiger partial charge >= 0.3 is 0 Å². The quantitative estimate of drug-likeness (QED) is 0.184. The summed E-state index contributed by atoms with van der Waals surface area (Å²) in [6, 6.07) is 56.3. The molecule has 0 fully saturated rings. The van der Waals surface area contributed by atoms with Crippen LogP contribution in [0.3, 0.4) is 0 Å². The minimum absolute atomic E-state index is 0.134. The summed E-state index contributed by atoms with van der Waals surface area (Å²) >= 11 is 0. The highest BCUT2D eigenvalue weighted by Gasteiger charge is 2.36. The number of benzene rings is 6. The maximum absolute atomic E-state index is 5.19. The molecular weight excluding hydrogens is 633 g/mol. The molecule has 246 valence electrons. The van der Waals surface area contributed by atoms with Gasteiger partial charge in [0.05, 0.1) is 22.4 Å². The van der Waals surface area contributed by atoms with Gasteiger partial charge in [-0.25, -0.2) is 9.97 Å². The highest BCUT2D eigenvalue weighted by atomic mass is 15.0. The van der Waals surface area contributed by atoms with Crippen molar-refractivity contribution in [1.82, 2.24) is 19.5 Å². The standard InChI is InChI=1S/C48H34N4/c1-48(2)41-24-22-34(27-39(41)40-28-36(23-25-42(40)48)52-45-16-8-6-14-37(45)38-15-7-9-17-46(38)52)44-29-43(50-47(51-44)33-11-4-3-5-12-33)32-20-18-31(19-21-32)35-13-10-26-49-30-35/h3-30H,1-2H3. The Morgan fingerprint density at radius 1 is 0.462 bits per heavy atom. The lowest BCUT2D eigenvalue weighted by atomic mass is 9.82. The highest BCUT2D eigenvalue weighted by Crippen LogP contribution is 2.50. The molecule has 0 saturated carbocycles. The minimum atomic E-state index is -0.134. The molecule has 3 aromatic heterocycles. The van der Waals surface area contributed by atoms with Crippen molar-refractivity contribution in [2.75, 3.05) is 0 Å². The fourth-order valence-corrected chi connectivity index (χ4v) is 8.08. The second-order valence-electron chi connectivity index (χ2n) is 14.1. The molecule has 52 heavy (non-hydrogen) atoms. The van der Waals surface area contributed by atoms with E-state index >= 15 is 0 Å². The molecule has 10 rings (SSSR count). The van der Waals surface area contributed by atoms with E-state index < -0.39 is 0 Å². The molecule has 0 amide bonds. The molecule has 4 heteroatoms. The van der Waals surface area contributed by atoms with Crippen LogP contribution < -0.4 is 0 Å². The van der Waals surface area contributed by atoms with Gasteiger partial charge in [0.25, 0.3) is 0 Å². The zero-order valence-corrected chi connectivity index (χ0v) is 29.0. The summed E-state index contributed by atoms with van der Waals surface area (Å²) < 4.78 is 2.40. The van der Waals surface area contributed by atoms with Crippen LogP contribution in [0, 0.1) is 0 Å². The SMILES string of the molecule is CC1(C)c2ccc(-c3cc(-c4ccc(-c5cccnc5)cc4)nc(-c4ccccc4)n3)cc2-c2cc(-n3c4ccccc4c4ccccc43)ccc21. The Kier molecular flexibility index (Phi) is 6.80. The van der Waals surface area contributed by atoms with E-state index in [4.69, 9.17) is 9.97 Å². The van der Waals surface area contributed by atoms with Gasteiger partial charge in [-0.3, -0.25) is 4.98 Å². The smallest absolute Gasteiger partial charge is 0.160 e. The fourth-order valence-electron chi connectivity index (χ4n) is 8.08. The summed E-state index contributed by atoms with van der Waals surface area (Å²) in [5.74, 6) is 0.708. The number of nitrogens with zero attached hydrogens (tertiary/aromatic N) is 4. The summed E-state index contributed by atoms with van der Waals surface area (Å²) in [5.41, 5.74) is 15.7. The van der Waals surface area contributed by atoms with Crippen molar-refractivity contribution in [2.45, 2.75) is 19.3 Å². The predicted octanol–water partition coefficient (Wildman–Crippen LogP) is 11.9. The Hall–Kier alpha value is -6.65. The van der Waals surface area contributed by atoms with Crippen molar-refractivity contribution in [3.05, 3.63) is 181 Å². The third-order valence-electron chi connectivity index (χ3n) is 10.7. The molecule has 0 aliphatic heterocycles. The van der Waals surface area contributed by atoms with Gasteiger partial charge in [-0.1, -0.05) is 129 Å². The molecule has 0 N–H and O–H groups in total. The first kappa shape index (κ1) is 30.2. The van der Waals surface area contributed by atoms with E-state index in [1.54, 1.807) is 6.20 Å². The Labute approximate surface area is 302 Å². The average Bonchev–Trinajstić information content (AvgIpc) is 3.66. The van der Waals surface area contributed by atoms with Gasteiger partial charge in [-0.15, -0.1) is 0 Å².